The van der Waals surface area contributed by atoms with Gasteiger partial charge in [0.25, 0.3) is 0 Å². The number of hydrogen-bond donors (Lipinski definition) is 0. The molecule has 0 aliphatic rings. The molecular weight excluding hydrogens is 236 g/mol. The summed E-state index contributed by atoms with van der Waals surface area (Å²) < 4.78 is 7.87. The largest absolute Gasteiger partial charge is 0.464 e. The summed E-state index contributed by atoms with van der Waals surface area (Å²) in [5.41, 5.74) is 2.29. The second-order valence-electron chi connectivity index (χ2n) is 3.73. The van der Waals surface area contributed by atoms with E-state index in [9.17, 15) is 4.79 Å². The number of fused-ring (bicyclic) bond motifs is 3. The number of carbonyl (C=O) groups excluding carboxylic acids is 1. The van der Waals surface area contributed by atoms with Crippen LogP contribution in [-0.2, 0) is 4.74 Å². The molecule has 0 bridgehead atoms. The van der Waals surface area contributed by atoms with Crippen LogP contribution < -0.4 is 0 Å². The van der Waals surface area contributed by atoms with Gasteiger partial charge in [-0.05, 0) is 19.1 Å². The van der Waals surface area contributed by atoms with Crippen LogP contribution in [0.3, 0.4) is 0 Å². The van der Waals surface area contributed by atoms with Crippen LogP contribution in [0.4, 0.5) is 0 Å². The maximum Gasteiger partial charge on any atom is 0.358 e. The molecule has 0 amide bonds. The van der Waals surface area contributed by atoms with E-state index in [4.69, 9.17) is 4.74 Å². The van der Waals surface area contributed by atoms with E-state index in [1.807, 2.05) is 35.6 Å². The van der Waals surface area contributed by atoms with Gasteiger partial charge in [0, 0.05) is 0 Å². The van der Waals surface area contributed by atoms with Crippen molar-refractivity contribution in [2.24, 2.45) is 0 Å². The van der Waals surface area contributed by atoms with E-state index >= 15 is 0 Å². The molecule has 86 valence electrons. The lowest BCUT2D eigenvalue weighted by atomic mass is 10.3. The first-order chi connectivity index (χ1) is 8.22. The van der Waals surface area contributed by atoms with Gasteiger partial charge in [-0.2, -0.15) is 0 Å². The number of thiazole rings is 1. The number of ether oxygens (including phenoxy) is 1. The predicted octanol–water partition coefficient (Wildman–Crippen LogP) is 2.64. The molecule has 0 aliphatic carbocycles. The summed E-state index contributed by atoms with van der Waals surface area (Å²) in [6, 6.07) is 8.04. The average Bonchev–Trinajstić information content (AvgIpc) is 2.85. The molecule has 0 unspecified atom stereocenters. The number of nitrogens with zero attached hydrogens (tertiary/aromatic N) is 2. The molecule has 3 rings (SSSR count). The molecule has 0 atom stereocenters. The summed E-state index contributed by atoms with van der Waals surface area (Å²) in [7, 11) is 1.37. The molecular formula is C12H10N2O2S. The molecule has 0 aliphatic heterocycles. The summed E-state index contributed by atoms with van der Waals surface area (Å²) in [6.07, 6.45) is 0. The Bertz CT molecular complexity index is 727. The smallest absolute Gasteiger partial charge is 0.358 e. The van der Waals surface area contributed by atoms with Crippen LogP contribution in [0.25, 0.3) is 15.2 Å². The van der Waals surface area contributed by atoms with Crippen molar-refractivity contribution in [3.8, 4) is 0 Å². The first kappa shape index (κ1) is 10.3. The van der Waals surface area contributed by atoms with Crippen LogP contribution in [0.2, 0.25) is 0 Å². The van der Waals surface area contributed by atoms with Crippen LogP contribution >= 0.6 is 11.3 Å². The van der Waals surface area contributed by atoms with E-state index in [0.29, 0.717) is 5.69 Å². The highest BCUT2D eigenvalue weighted by Crippen LogP contribution is 2.28. The summed E-state index contributed by atoms with van der Waals surface area (Å²) in [4.78, 5) is 16.7. The molecule has 5 heteroatoms. The topological polar surface area (TPSA) is 43.6 Å². The molecule has 1 aromatic carbocycles. The predicted molar refractivity (Wildman–Crippen MR) is 66.7 cm³/mol. The monoisotopic (exact) mass is 246 g/mol. The molecule has 0 fully saturated rings. The lowest BCUT2D eigenvalue weighted by Gasteiger charge is -1.97. The Kier molecular flexibility index (Phi) is 2.16. The number of rotatable bonds is 1. The zero-order valence-electron chi connectivity index (χ0n) is 9.43. The van der Waals surface area contributed by atoms with Gasteiger partial charge < -0.3 is 4.74 Å². The van der Waals surface area contributed by atoms with Crippen LogP contribution in [0.15, 0.2) is 24.3 Å². The molecule has 17 heavy (non-hydrogen) atoms. The normalized spacial score (nSPS) is 11.2. The highest BCUT2D eigenvalue weighted by atomic mass is 32.1. The number of aryl methyl sites for hydroxylation is 1. The summed E-state index contributed by atoms with van der Waals surface area (Å²) in [5.74, 6) is -0.387. The highest BCUT2D eigenvalue weighted by molar-refractivity contribution is 7.23. The zero-order chi connectivity index (χ0) is 12.0. The van der Waals surface area contributed by atoms with Gasteiger partial charge in [0.2, 0.25) is 0 Å². The van der Waals surface area contributed by atoms with Crippen molar-refractivity contribution in [1.29, 1.82) is 0 Å². The zero-order valence-corrected chi connectivity index (χ0v) is 10.2. The standard InChI is InChI=1S/C12H10N2O2S/c1-7-10(11(15)16-2)13-12-14(7)8-5-3-4-6-9(8)17-12/h3-6H,1-2H3. The average molecular weight is 246 g/mol. The Morgan fingerprint density at radius 3 is 2.94 bits per heavy atom. The number of aromatic nitrogens is 2. The number of imidazole rings is 1. The molecule has 0 radical (unpaired) electrons. The minimum Gasteiger partial charge on any atom is -0.464 e. The molecule has 0 spiro atoms. The molecule has 0 N–H and O–H groups in total. The quantitative estimate of drug-likeness (QED) is 0.620. The number of carbonyl (C=O) groups is 1. The Labute approximate surface area is 101 Å². The first-order valence-corrected chi connectivity index (χ1v) is 5.99. The van der Waals surface area contributed by atoms with Gasteiger partial charge in [-0.25, -0.2) is 9.78 Å². The Morgan fingerprint density at radius 1 is 1.41 bits per heavy atom. The lowest BCUT2D eigenvalue weighted by molar-refractivity contribution is 0.0594. The fraction of sp³-hybridized carbons (Fsp3) is 0.167. The maximum absolute atomic E-state index is 11.5. The number of hydrogen-bond acceptors (Lipinski definition) is 4. The van der Waals surface area contributed by atoms with Gasteiger partial charge in [0.05, 0.1) is 23.0 Å². The maximum atomic E-state index is 11.5. The van der Waals surface area contributed by atoms with Crippen molar-refractivity contribution in [1.82, 2.24) is 9.38 Å². The van der Waals surface area contributed by atoms with Gasteiger partial charge in [-0.1, -0.05) is 23.5 Å². The van der Waals surface area contributed by atoms with Gasteiger partial charge in [-0.3, -0.25) is 4.40 Å². The van der Waals surface area contributed by atoms with Crippen molar-refractivity contribution in [3.05, 3.63) is 35.7 Å². The molecule has 2 aromatic heterocycles. The SMILES string of the molecule is COC(=O)c1nc2sc3ccccc3n2c1C. The molecule has 2 heterocycles. The van der Waals surface area contributed by atoms with Crippen LogP contribution in [0.1, 0.15) is 16.2 Å². The Hall–Kier alpha value is -1.88. The number of methoxy groups -OCH3 is 1. The van der Waals surface area contributed by atoms with E-state index in [1.54, 1.807) is 11.3 Å². The first-order valence-electron chi connectivity index (χ1n) is 5.17. The van der Waals surface area contributed by atoms with Crippen molar-refractivity contribution >= 4 is 32.5 Å². The fourth-order valence-corrected chi connectivity index (χ4v) is 3.02. The number of esters is 1. The number of benzene rings is 1. The van der Waals surface area contributed by atoms with Crippen LogP contribution in [0, 0.1) is 6.92 Å². The Morgan fingerprint density at radius 2 is 2.18 bits per heavy atom. The second kappa shape index (κ2) is 3.56. The van der Waals surface area contributed by atoms with Gasteiger partial charge in [-0.15, -0.1) is 0 Å². The highest BCUT2D eigenvalue weighted by Gasteiger charge is 2.19. The van der Waals surface area contributed by atoms with E-state index in [0.717, 1.165) is 20.9 Å². The summed E-state index contributed by atoms with van der Waals surface area (Å²) in [6.45, 7) is 1.88. The molecule has 0 saturated heterocycles. The minimum absolute atomic E-state index is 0.387. The van der Waals surface area contributed by atoms with Crippen molar-refractivity contribution < 1.29 is 9.53 Å². The minimum atomic E-state index is -0.387. The third-order valence-corrected chi connectivity index (χ3v) is 3.78. The third-order valence-electron chi connectivity index (χ3n) is 2.76. The molecule has 4 nitrogen and oxygen atoms in total. The van der Waals surface area contributed by atoms with E-state index in [2.05, 4.69) is 4.98 Å². The summed E-state index contributed by atoms with van der Waals surface area (Å²) >= 11 is 1.57. The fourth-order valence-electron chi connectivity index (χ4n) is 1.94. The third kappa shape index (κ3) is 1.36. The van der Waals surface area contributed by atoms with Gasteiger partial charge in [0.15, 0.2) is 10.7 Å². The van der Waals surface area contributed by atoms with Crippen molar-refractivity contribution in [2.45, 2.75) is 6.92 Å². The summed E-state index contributed by atoms with van der Waals surface area (Å²) in [5, 5.41) is 0. The lowest BCUT2D eigenvalue weighted by Crippen LogP contribution is -2.04. The van der Waals surface area contributed by atoms with E-state index < -0.39 is 0 Å². The van der Waals surface area contributed by atoms with Crippen LogP contribution in [-0.4, -0.2) is 22.5 Å². The van der Waals surface area contributed by atoms with Crippen molar-refractivity contribution in [2.75, 3.05) is 7.11 Å². The molecule has 0 saturated carbocycles. The van der Waals surface area contributed by atoms with E-state index in [-0.39, 0.29) is 5.97 Å². The number of para-hydroxylation sites is 1. The van der Waals surface area contributed by atoms with E-state index in [1.165, 1.54) is 7.11 Å². The second-order valence-corrected chi connectivity index (χ2v) is 4.73. The Balaban J connectivity index is 2.39. The van der Waals surface area contributed by atoms with Crippen LogP contribution in [0.5, 0.6) is 0 Å². The van der Waals surface area contributed by atoms with Gasteiger partial charge in [0.1, 0.15) is 0 Å². The van der Waals surface area contributed by atoms with Gasteiger partial charge >= 0.3 is 5.97 Å². The van der Waals surface area contributed by atoms with Crippen molar-refractivity contribution in [3.63, 3.8) is 0 Å². The molecule has 3 aromatic rings.